The van der Waals surface area contributed by atoms with Crippen LogP contribution in [-0.4, -0.2) is 30.1 Å². The molecule has 0 aromatic heterocycles. The molecular weight excluding hydrogens is 256 g/mol. The first-order valence-electron chi connectivity index (χ1n) is 7.50. The first-order chi connectivity index (χ1) is 9.21. The van der Waals surface area contributed by atoms with E-state index in [1.165, 1.54) is 6.92 Å². The van der Waals surface area contributed by atoms with E-state index in [4.69, 9.17) is 9.47 Å². The normalized spacial score (nSPS) is 16.3. The van der Waals surface area contributed by atoms with Crippen LogP contribution in [0.25, 0.3) is 0 Å². The highest BCUT2D eigenvalue weighted by molar-refractivity contribution is 5.66. The Morgan fingerprint density at radius 3 is 2.20 bits per heavy atom. The summed E-state index contributed by atoms with van der Waals surface area (Å²) < 4.78 is 11.5. The van der Waals surface area contributed by atoms with Crippen molar-refractivity contribution in [3.63, 3.8) is 0 Å². The minimum absolute atomic E-state index is 0.0676. The second-order valence-electron chi connectivity index (χ2n) is 6.31. The number of rotatable bonds is 9. The lowest BCUT2D eigenvalue weighted by Crippen LogP contribution is -2.39. The van der Waals surface area contributed by atoms with Crippen LogP contribution in [0.4, 0.5) is 0 Å². The summed E-state index contributed by atoms with van der Waals surface area (Å²) in [5.41, 5.74) is -0.283. The van der Waals surface area contributed by atoms with E-state index in [-0.39, 0.29) is 29.7 Å². The molecule has 0 aliphatic carbocycles. The van der Waals surface area contributed by atoms with Gasteiger partial charge in [-0.3, -0.25) is 4.79 Å². The molecule has 0 aliphatic rings. The molecule has 0 aromatic rings. The van der Waals surface area contributed by atoms with Crippen LogP contribution in [0.3, 0.4) is 0 Å². The number of carbonyl (C=O) groups excluding carboxylic acids is 2. The summed E-state index contributed by atoms with van der Waals surface area (Å²) in [5.74, 6) is -0.196. The van der Waals surface area contributed by atoms with Gasteiger partial charge >= 0.3 is 5.97 Å². The highest BCUT2D eigenvalue weighted by atomic mass is 16.5. The van der Waals surface area contributed by atoms with Gasteiger partial charge in [-0.2, -0.15) is 0 Å². The average molecular weight is 286 g/mol. The topological polar surface area (TPSA) is 52.6 Å². The maximum Gasteiger partial charge on any atom is 0.302 e. The van der Waals surface area contributed by atoms with Crippen LogP contribution < -0.4 is 0 Å². The van der Waals surface area contributed by atoms with Gasteiger partial charge in [-0.1, -0.05) is 20.3 Å². The highest BCUT2D eigenvalue weighted by Crippen LogP contribution is 2.26. The van der Waals surface area contributed by atoms with Crippen molar-refractivity contribution in [1.29, 1.82) is 0 Å². The van der Waals surface area contributed by atoms with Gasteiger partial charge in [0, 0.05) is 19.3 Å². The molecule has 20 heavy (non-hydrogen) atoms. The summed E-state index contributed by atoms with van der Waals surface area (Å²) in [4.78, 5) is 21.9. The average Bonchev–Trinajstić information content (AvgIpc) is 2.31. The fraction of sp³-hybridized carbons (Fsp3) is 0.875. The SMILES string of the molecule is CCC[C@H](OC(C)=O)[C@H](C)[C@H](CCC=O)OC(C)(C)C. The molecule has 0 amide bonds. The Morgan fingerprint density at radius 1 is 1.20 bits per heavy atom. The van der Waals surface area contributed by atoms with Crippen LogP contribution in [0, 0.1) is 5.92 Å². The molecule has 4 heteroatoms. The van der Waals surface area contributed by atoms with Crippen molar-refractivity contribution in [3.8, 4) is 0 Å². The molecule has 0 aliphatic heterocycles. The van der Waals surface area contributed by atoms with Gasteiger partial charge in [0.25, 0.3) is 0 Å². The number of hydrogen-bond acceptors (Lipinski definition) is 4. The van der Waals surface area contributed by atoms with E-state index in [0.29, 0.717) is 12.8 Å². The lowest BCUT2D eigenvalue weighted by atomic mass is 9.91. The lowest BCUT2D eigenvalue weighted by molar-refractivity contribution is -0.157. The van der Waals surface area contributed by atoms with E-state index in [1.54, 1.807) is 0 Å². The van der Waals surface area contributed by atoms with E-state index < -0.39 is 0 Å². The molecular formula is C16H30O4. The summed E-state index contributed by atoms with van der Waals surface area (Å²) in [7, 11) is 0. The Morgan fingerprint density at radius 2 is 1.80 bits per heavy atom. The minimum atomic E-state index is -0.283. The lowest BCUT2D eigenvalue weighted by Gasteiger charge is -2.35. The van der Waals surface area contributed by atoms with E-state index in [2.05, 4.69) is 6.92 Å². The third-order valence-corrected chi connectivity index (χ3v) is 3.14. The van der Waals surface area contributed by atoms with Gasteiger partial charge in [-0.05, 0) is 33.6 Å². The van der Waals surface area contributed by atoms with E-state index in [0.717, 1.165) is 19.1 Å². The minimum Gasteiger partial charge on any atom is -0.462 e. The molecule has 0 saturated heterocycles. The maximum absolute atomic E-state index is 11.2. The Kier molecular flexibility index (Phi) is 8.70. The number of aldehydes is 1. The molecule has 0 unspecified atom stereocenters. The Hall–Kier alpha value is -0.900. The van der Waals surface area contributed by atoms with Crippen LogP contribution in [-0.2, 0) is 19.1 Å². The molecule has 0 bridgehead atoms. The number of carbonyl (C=O) groups is 2. The van der Waals surface area contributed by atoms with Crippen molar-refractivity contribution in [2.45, 2.75) is 85.0 Å². The van der Waals surface area contributed by atoms with E-state index in [9.17, 15) is 9.59 Å². The first-order valence-corrected chi connectivity index (χ1v) is 7.50. The molecule has 0 saturated carbocycles. The monoisotopic (exact) mass is 286 g/mol. The molecule has 0 rings (SSSR count). The standard InChI is InChI=1S/C16H30O4/c1-7-9-14(19-13(3)18)12(2)15(10-8-11-17)20-16(4,5)6/h11-12,14-15H,7-10H2,1-6H3/t12-,14-,15-/m0/s1. The Balaban J connectivity index is 4.88. The van der Waals surface area contributed by atoms with Crippen LogP contribution in [0.15, 0.2) is 0 Å². The van der Waals surface area contributed by atoms with Gasteiger partial charge in [-0.25, -0.2) is 0 Å². The fourth-order valence-corrected chi connectivity index (χ4v) is 2.28. The second kappa shape index (κ2) is 9.11. The number of hydrogen-bond donors (Lipinski definition) is 0. The first kappa shape index (κ1) is 19.1. The summed E-state index contributed by atoms with van der Waals surface area (Å²) in [6.07, 6.45) is 3.54. The molecule has 0 aromatic carbocycles. The summed E-state index contributed by atoms with van der Waals surface area (Å²) >= 11 is 0. The van der Waals surface area contributed by atoms with Crippen molar-refractivity contribution in [2.24, 2.45) is 5.92 Å². The molecule has 0 spiro atoms. The van der Waals surface area contributed by atoms with Crippen LogP contribution in [0.5, 0.6) is 0 Å². The molecule has 0 radical (unpaired) electrons. The van der Waals surface area contributed by atoms with Crippen molar-refractivity contribution < 1.29 is 19.1 Å². The van der Waals surface area contributed by atoms with Gasteiger partial charge in [0.05, 0.1) is 11.7 Å². The summed E-state index contributed by atoms with van der Waals surface area (Å²) in [6.45, 7) is 11.5. The van der Waals surface area contributed by atoms with Crippen molar-refractivity contribution in [3.05, 3.63) is 0 Å². The quantitative estimate of drug-likeness (QED) is 0.481. The zero-order valence-electron chi connectivity index (χ0n) is 13.8. The Bertz CT molecular complexity index is 293. The molecule has 4 nitrogen and oxygen atoms in total. The van der Waals surface area contributed by atoms with Gasteiger partial charge in [0.1, 0.15) is 12.4 Å². The van der Waals surface area contributed by atoms with Gasteiger partial charge in [0.2, 0.25) is 0 Å². The summed E-state index contributed by atoms with van der Waals surface area (Å²) in [5, 5.41) is 0. The molecule has 0 fully saturated rings. The maximum atomic E-state index is 11.2. The largest absolute Gasteiger partial charge is 0.462 e. The van der Waals surface area contributed by atoms with Gasteiger partial charge < -0.3 is 14.3 Å². The van der Waals surface area contributed by atoms with Crippen molar-refractivity contribution in [1.82, 2.24) is 0 Å². The molecule has 3 atom stereocenters. The predicted octanol–water partition coefficient (Wildman–Crippen LogP) is 3.52. The van der Waals surface area contributed by atoms with Crippen molar-refractivity contribution >= 4 is 12.3 Å². The molecule has 118 valence electrons. The van der Waals surface area contributed by atoms with E-state index >= 15 is 0 Å². The Labute approximate surface area is 123 Å². The van der Waals surface area contributed by atoms with Crippen LogP contribution in [0.1, 0.15) is 67.2 Å². The summed E-state index contributed by atoms with van der Waals surface area (Å²) in [6, 6.07) is 0. The number of ether oxygens (including phenoxy) is 2. The smallest absolute Gasteiger partial charge is 0.302 e. The highest BCUT2D eigenvalue weighted by Gasteiger charge is 2.30. The van der Waals surface area contributed by atoms with Crippen molar-refractivity contribution in [2.75, 3.05) is 0 Å². The zero-order chi connectivity index (χ0) is 15.8. The second-order valence-corrected chi connectivity index (χ2v) is 6.31. The van der Waals surface area contributed by atoms with Gasteiger partial charge in [-0.15, -0.1) is 0 Å². The van der Waals surface area contributed by atoms with Crippen LogP contribution >= 0.6 is 0 Å². The zero-order valence-corrected chi connectivity index (χ0v) is 13.8. The van der Waals surface area contributed by atoms with Crippen LogP contribution in [0.2, 0.25) is 0 Å². The molecule has 0 N–H and O–H groups in total. The third-order valence-electron chi connectivity index (χ3n) is 3.14. The fourth-order valence-electron chi connectivity index (χ4n) is 2.28. The third kappa shape index (κ3) is 8.31. The molecule has 0 heterocycles. The van der Waals surface area contributed by atoms with Gasteiger partial charge in [0.15, 0.2) is 0 Å². The van der Waals surface area contributed by atoms with E-state index in [1.807, 2.05) is 27.7 Å². The predicted molar refractivity (Wildman–Crippen MR) is 79.6 cm³/mol. The number of esters is 1.